The third kappa shape index (κ3) is 3.70. The Kier molecular flexibility index (Phi) is 4.19. The van der Waals surface area contributed by atoms with E-state index in [-0.39, 0.29) is 16.1 Å². The number of sulfone groups is 1. The summed E-state index contributed by atoms with van der Waals surface area (Å²) in [6, 6.07) is 12.9. The zero-order valence-electron chi connectivity index (χ0n) is 12.4. The lowest BCUT2D eigenvalue weighted by Gasteiger charge is -2.19. The third-order valence-corrected chi connectivity index (χ3v) is 5.06. The smallest absolute Gasteiger partial charge is 0.185 e. The van der Waals surface area contributed by atoms with Crippen molar-refractivity contribution in [2.24, 2.45) is 0 Å². The molecule has 0 N–H and O–H groups in total. The fourth-order valence-corrected chi connectivity index (χ4v) is 3.53. The van der Waals surface area contributed by atoms with Crippen molar-refractivity contribution in [3.8, 4) is 0 Å². The van der Waals surface area contributed by atoms with Gasteiger partial charge in [-0.05, 0) is 28.7 Å². The van der Waals surface area contributed by atoms with Crippen molar-refractivity contribution in [1.29, 1.82) is 0 Å². The minimum atomic E-state index is -3.67. The predicted octanol–water partition coefficient (Wildman–Crippen LogP) is 4.10. The molecule has 0 atom stereocenters. The van der Waals surface area contributed by atoms with E-state index in [0.717, 1.165) is 11.6 Å². The second-order valence-electron chi connectivity index (χ2n) is 6.14. The monoisotopic (exact) mass is 306 g/mol. The molecule has 2 rings (SSSR count). The average Bonchev–Trinajstić information content (AvgIpc) is 2.38. The molecule has 0 aliphatic carbocycles. The van der Waals surface area contributed by atoms with Crippen LogP contribution in [0.2, 0.25) is 0 Å². The lowest BCUT2D eigenvalue weighted by atomic mass is 9.87. The SMILES string of the molecule is CC(C)(C)c1ccc(CS(=O)(=O)c2ccccc2F)cc1. The molecule has 0 saturated carbocycles. The van der Waals surface area contributed by atoms with E-state index in [9.17, 15) is 12.8 Å². The Morgan fingerprint density at radius 1 is 0.952 bits per heavy atom. The summed E-state index contributed by atoms with van der Waals surface area (Å²) < 4.78 is 38.2. The Bertz CT molecular complexity index is 726. The molecule has 0 heterocycles. The normalized spacial score (nSPS) is 12.4. The van der Waals surface area contributed by atoms with Crippen LogP contribution in [0.4, 0.5) is 4.39 Å². The van der Waals surface area contributed by atoms with Gasteiger partial charge in [-0.1, -0.05) is 57.2 Å². The van der Waals surface area contributed by atoms with E-state index < -0.39 is 15.7 Å². The molecule has 112 valence electrons. The van der Waals surface area contributed by atoms with Gasteiger partial charge in [0.2, 0.25) is 0 Å². The van der Waals surface area contributed by atoms with Crippen LogP contribution >= 0.6 is 0 Å². The Morgan fingerprint density at radius 2 is 1.52 bits per heavy atom. The van der Waals surface area contributed by atoms with Crippen LogP contribution in [0.15, 0.2) is 53.4 Å². The van der Waals surface area contributed by atoms with E-state index in [2.05, 4.69) is 20.8 Å². The van der Waals surface area contributed by atoms with Gasteiger partial charge in [0.1, 0.15) is 10.7 Å². The zero-order chi connectivity index (χ0) is 15.7. The number of hydrogen-bond donors (Lipinski definition) is 0. The first kappa shape index (κ1) is 15.7. The fraction of sp³-hybridized carbons (Fsp3) is 0.294. The molecule has 0 unspecified atom stereocenters. The summed E-state index contributed by atoms with van der Waals surface area (Å²) >= 11 is 0. The van der Waals surface area contributed by atoms with Gasteiger partial charge in [0.25, 0.3) is 0 Å². The highest BCUT2D eigenvalue weighted by Crippen LogP contribution is 2.24. The minimum Gasteiger partial charge on any atom is -0.223 e. The van der Waals surface area contributed by atoms with E-state index >= 15 is 0 Å². The van der Waals surface area contributed by atoms with Gasteiger partial charge >= 0.3 is 0 Å². The molecule has 4 heteroatoms. The maximum Gasteiger partial charge on any atom is 0.185 e. The quantitative estimate of drug-likeness (QED) is 0.855. The van der Waals surface area contributed by atoms with E-state index in [1.807, 2.05) is 12.1 Å². The Morgan fingerprint density at radius 3 is 2.05 bits per heavy atom. The minimum absolute atomic E-state index is 0.0168. The Balaban J connectivity index is 2.28. The van der Waals surface area contributed by atoms with E-state index in [0.29, 0.717) is 5.56 Å². The highest BCUT2D eigenvalue weighted by atomic mass is 32.2. The summed E-state index contributed by atoms with van der Waals surface area (Å²) in [4.78, 5) is -0.245. The van der Waals surface area contributed by atoms with Gasteiger partial charge in [-0.15, -0.1) is 0 Å². The van der Waals surface area contributed by atoms with Gasteiger partial charge < -0.3 is 0 Å². The first-order chi connectivity index (χ1) is 9.70. The number of halogens is 1. The molecule has 0 saturated heterocycles. The first-order valence-electron chi connectivity index (χ1n) is 6.77. The summed E-state index contributed by atoms with van der Waals surface area (Å²) in [5.41, 5.74) is 1.81. The molecule has 0 spiro atoms. The van der Waals surface area contributed by atoms with Crippen molar-refractivity contribution >= 4 is 9.84 Å². The first-order valence-corrected chi connectivity index (χ1v) is 8.42. The van der Waals surface area contributed by atoms with E-state index in [4.69, 9.17) is 0 Å². The molecule has 2 nitrogen and oxygen atoms in total. The summed E-state index contributed by atoms with van der Waals surface area (Å²) in [7, 11) is -3.67. The van der Waals surface area contributed by atoms with Crippen LogP contribution in [-0.2, 0) is 21.0 Å². The average molecular weight is 306 g/mol. The molecule has 0 amide bonds. The highest BCUT2D eigenvalue weighted by molar-refractivity contribution is 7.90. The molecular formula is C17H19FO2S. The van der Waals surface area contributed by atoms with Crippen LogP contribution < -0.4 is 0 Å². The van der Waals surface area contributed by atoms with E-state index in [1.165, 1.54) is 18.2 Å². The van der Waals surface area contributed by atoms with Crippen LogP contribution in [0.1, 0.15) is 31.9 Å². The van der Waals surface area contributed by atoms with Gasteiger partial charge in [-0.2, -0.15) is 0 Å². The molecule has 0 aliphatic heterocycles. The van der Waals surface area contributed by atoms with Gasteiger partial charge in [0, 0.05) is 0 Å². The third-order valence-electron chi connectivity index (χ3n) is 3.35. The van der Waals surface area contributed by atoms with Crippen molar-refractivity contribution in [2.75, 3.05) is 0 Å². The van der Waals surface area contributed by atoms with Crippen molar-refractivity contribution in [3.63, 3.8) is 0 Å². The Hall–Kier alpha value is -1.68. The second kappa shape index (κ2) is 5.60. The van der Waals surface area contributed by atoms with Crippen molar-refractivity contribution in [1.82, 2.24) is 0 Å². The number of benzene rings is 2. The van der Waals surface area contributed by atoms with Gasteiger partial charge in [0.15, 0.2) is 9.84 Å². The molecule has 21 heavy (non-hydrogen) atoms. The zero-order valence-corrected chi connectivity index (χ0v) is 13.2. The molecule has 2 aromatic rings. The second-order valence-corrected chi connectivity index (χ2v) is 8.09. The standard InChI is InChI=1S/C17H19FO2S/c1-17(2,3)14-10-8-13(9-11-14)12-21(19,20)16-7-5-4-6-15(16)18/h4-11H,12H2,1-3H3. The summed E-state index contributed by atoms with van der Waals surface area (Å²) in [5, 5.41) is 0. The van der Waals surface area contributed by atoms with Crippen LogP contribution in [-0.4, -0.2) is 8.42 Å². The van der Waals surface area contributed by atoms with Gasteiger partial charge in [0.05, 0.1) is 5.75 Å². The molecular weight excluding hydrogens is 287 g/mol. The van der Waals surface area contributed by atoms with Crippen molar-refractivity contribution in [2.45, 2.75) is 36.8 Å². The lowest BCUT2D eigenvalue weighted by Crippen LogP contribution is -2.11. The lowest BCUT2D eigenvalue weighted by molar-refractivity contribution is 0.566. The van der Waals surface area contributed by atoms with Crippen LogP contribution in [0.5, 0.6) is 0 Å². The van der Waals surface area contributed by atoms with Gasteiger partial charge in [-0.3, -0.25) is 0 Å². The number of hydrogen-bond acceptors (Lipinski definition) is 2. The number of rotatable bonds is 3. The molecule has 0 fully saturated rings. The summed E-state index contributed by atoms with van der Waals surface area (Å²) in [5.74, 6) is -0.901. The molecule has 0 aliphatic rings. The maximum atomic E-state index is 13.6. The van der Waals surface area contributed by atoms with Gasteiger partial charge in [-0.25, -0.2) is 12.8 Å². The van der Waals surface area contributed by atoms with Crippen LogP contribution in [0.25, 0.3) is 0 Å². The maximum absolute atomic E-state index is 13.6. The molecule has 2 aromatic carbocycles. The fourth-order valence-electron chi connectivity index (χ4n) is 2.10. The summed E-state index contributed by atoms with van der Waals surface area (Å²) in [6.07, 6.45) is 0. The topological polar surface area (TPSA) is 34.1 Å². The predicted molar refractivity (Wildman–Crippen MR) is 82.4 cm³/mol. The molecule has 0 aromatic heterocycles. The molecule has 0 radical (unpaired) electrons. The largest absolute Gasteiger partial charge is 0.223 e. The molecule has 0 bridgehead atoms. The van der Waals surface area contributed by atoms with Crippen molar-refractivity contribution < 1.29 is 12.8 Å². The van der Waals surface area contributed by atoms with Crippen molar-refractivity contribution in [3.05, 3.63) is 65.5 Å². The van der Waals surface area contributed by atoms with Crippen LogP contribution in [0.3, 0.4) is 0 Å². The van der Waals surface area contributed by atoms with E-state index in [1.54, 1.807) is 12.1 Å². The summed E-state index contributed by atoms with van der Waals surface area (Å²) in [6.45, 7) is 6.29. The highest BCUT2D eigenvalue weighted by Gasteiger charge is 2.20. The van der Waals surface area contributed by atoms with Crippen LogP contribution in [0, 0.1) is 5.82 Å². The Labute approximate surface area is 125 Å².